The SMILES string of the molecule is O=C(NCCN1CCCCCC1)c1ccc(C(F)(F)F)cc1. The molecule has 1 amide bonds. The second-order valence-corrected chi connectivity index (χ2v) is 5.59. The third-order valence-corrected chi connectivity index (χ3v) is 3.89. The Balaban J connectivity index is 1.79. The quantitative estimate of drug-likeness (QED) is 0.925. The molecule has 1 N–H and O–H groups in total. The van der Waals surface area contributed by atoms with Crippen LogP contribution in [0.2, 0.25) is 0 Å². The average Bonchev–Trinajstić information content (AvgIpc) is 2.75. The van der Waals surface area contributed by atoms with Crippen molar-refractivity contribution in [1.82, 2.24) is 10.2 Å². The van der Waals surface area contributed by atoms with Gasteiger partial charge in [-0.25, -0.2) is 0 Å². The van der Waals surface area contributed by atoms with Crippen LogP contribution in [0.4, 0.5) is 13.2 Å². The summed E-state index contributed by atoms with van der Waals surface area (Å²) < 4.78 is 37.4. The Morgan fingerprint density at radius 1 is 1.05 bits per heavy atom. The van der Waals surface area contributed by atoms with Crippen LogP contribution in [0.15, 0.2) is 24.3 Å². The molecule has 1 aromatic rings. The lowest BCUT2D eigenvalue weighted by atomic mass is 10.1. The molecule has 1 aliphatic heterocycles. The van der Waals surface area contributed by atoms with Gasteiger partial charge in [0.2, 0.25) is 0 Å². The molecule has 0 unspecified atom stereocenters. The molecule has 0 bridgehead atoms. The molecule has 3 nitrogen and oxygen atoms in total. The summed E-state index contributed by atoms with van der Waals surface area (Å²) in [5.74, 6) is -0.330. The second-order valence-electron chi connectivity index (χ2n) is 5.59. The second kappa shape index (κ2) is 7.63. The number of carbonyl (C=O) groups excluding carboxylic acids is 1. The standard InChI is InChI=1S/C16H21F3N2O/c17-16(18,19)14-7-5-13(6-8-14)15(22)20-9-12-21-10-3-1-2-4-11-21/h5-8H,1-4,9-12H2,(H,20,22). The third kappa shape index (κ3) is 5.02. The molecule has 122 valence electrons. The summed E-state index contributed by atoms with van der Waals surface area (Å²) in [4.78, 5) is 14.2. The molecule has 1 saturated heterocycles. The lowest BCUT2D eigenvalue weighted by Crippen LogP contribution is -2.35. The summed E-state index contributed by atoms with van der Waals surface area (Å²) in [5.41, 5.74) is -0.488. The van der Waals surface area contributed by atoms with Gasteiger partial charge >= 0.3 is 6.18 Å². The van der Waals surface area contributed by atoms with Gasteiger partial charge in [-0.1, -0.05) is 12.8 Å². The van der Waals surface area contributed by atoms with Gasteiger partial charge in [-0.05, 0) is 50.2 Å². The van der Waals surface area contributed by atoms with Crippen molar-refractivity contribution in [1.29, 1.82) is 0 Å². The number of alkyl halides is 3. The lowest BCUT2D eigenvalue weighted by molar-refractivity contribution is -0.137. The van der Waals surface area contributed by atoms with Gasteiger partial charge in [-0.2, -0.15) is 13.2 Å². The first-order valence-electron chi connectivity index (χ1n) is 7.64. The van der Waals surface area contributed by atoms with Gasteiger partial charge in [-0.15, -0.1) is 0 Å². The Labute approximate surface area is 128 Å². The molecule has 2 rings (SSSR count). The zero-order chi connectivity index (χ0) is 16.0. The van der Waals surface area contributed by atoms with Crippen LogP contribution in [0.5, 0.6) is 0 Å². The zero-order valence-electron chi connectivity index (χ0n) is 12.5. The molecule has 6 heteroatoms. The summed E-state index contributed by atoms with van der Waals surface area (Å²) in [7, 11) is 0. The fourth-order valence-electron chi connectivity index (χ4n) is 2.60. The molecular formula is C16H21F3N2O. The minimum Gasteiger partial charge on any atom is -0.351 e. The van der Waals surface area contributed by atoms with Gasteiger partial charge in [0.1, 0.15) is 0 Å². The van der Waals surface area contributed by atoms with Crippen molar-refractivity contribution in [2.45, 2.75) is 31.9 Å². The first-order chi connectivity index (χ1) is 10.5. The first-order valence-corrected chi connectivity index (χ1v) is 7.64. The van der Waals surface area contributed by atoms with Gasteiger partial charge in [0.15, 0.2) is 0 Å². The van der Waals surface area contributed by atoms with E-state index in [4.69, 9.17) is 0 Å². The minimum atomic E-state index is -4.37. The Hall–Kier alpha value is -1.56. The summed E-state index contributed by atoms with van der Waals surface area (Å²) in [6.45, 7) is 3.40. The number of halogens is 3. The van der Waals surface area contributed by atoms with Crippen molar-refractivity contribution < 1.29 is 18.0 Å². The molecule has 1 aromatic carbocycles. The smallest absolute Gasteiger partial charge is 0.351 e. The van der Waals surface area contributed by atoms with Gasteiger partial charge < -0.3 is 10.2 Å². The first kappa shape index (κ1) is 16.8. The van der Waals surface area contributed by atoms with E-state index in [1.54, 1.807) is 0 Å². The molecule has 1 fully saturated rings. The van der Waals surface area contributed by atoms with Crippen LogP contribution in [-0.4, -0.2) is 37.0 Å². The normalized spacial score (nSPS) is 17.0. The number of likely N-dealkylation sites (tertiary alicyclic amines) is 1. The van der Waals surface area contributed by atoms with E-state index < -0.39 is 11.7 Å². The average molecular weight is 314 g/mol. The molecule has 1 heterocycles. The maximum Gasteiger partial charge on any atom is 0.416 e. The summed E-state index contributed by atoms with van der Waals surface area (Å²) >= 11 is 0. The third-order valence-electron chi connectivity index (χ3n) is 3.89. The van der Waals surface area contributed by atoms with Gasteiger partial charge in [0, 0.05) is 18.7 Å². The van der Waals surface area contributed by atoms with E-state index in [0.29, 0.717) is 6.54 Å². The van der Waals surface area contributed by atoms with Crippen LogP contribution in [-0.2, 0) is 6.18 Å². The summed E-state index contributed by atoms with van der Waals surface area (Å²) in [6, 6.07) is 4.29. The van der Waals surface area contributed by atoms with E-state index in [1.807, 2.05) is 0 Å². The minimum absolute atomic E-state index is 0.254. The molecule has 0 aromatic heterocycles. The van der Waals surface area contributed by atoms with Crippen LogP contribution in [0.3, 0.4) is 0 Å². The van der Waals surface area contributed by atoms with Crippen molar-refractivity contribution >= 4 is 5.91 Å². The topological polar surface area (TPSA) is 32.3 Å². The maximum absolute atomic E-state index is 12.5. The lowest BCUT2D eigenvalue weighted by Gasteiger charge is -2.19. The summed E-state index contributed by atoms with van der Waals surface area (Å²) in [5, 5.41) is 2.76. The Morgan fingerprint density at radius 3 is 2.18 bits per heavy atom. The van der Waals surface area contributed by atoms with E-state index in [1.165, 1.54) is 37.8 Å². The fraction of sp³-hybridized carbons (Fsp3) is 0.562. The number of nitrogens with zero attached hydrogens (tertiary/aromatic N) is 1. The number of benzene rings is 1. The van der Waals surface area contributed by atoms with Gasteiger partial charge in [0.05, 0.1) is 5.56 Å². The molecule has 0 atom stereocenters. The molecule has 0 saturated carbocycles. The molecule has 1 aliphatic rings. The van der Waals surface area contributed by atoms with Crippen LogP contribution in [0.1, 0.15) is 41.6 Å². The molecule has 0 radical (unpaired) electrons. The van der Waals surface area contributed by atoms with E-state index in [2.05, 4.69) is 10.2 Å². The van der Waals surface area contributed by atoms with Gasteiger partial charge in [0.25, 0.3) is 5.91 Å². The van der Waals surface area contributed by atoms with E-state index in [9.17, 15) is 18.0 Å². The number of carbonyl (C=O) groups is 1. The number of hydrogen-bond donors (Lipinski definition) is 1. The number of hydrogen-bond acceptors (Lipinski definition) is 2. The van der Waals surface area contributed by atoms with Crippen LogP contribution < -0.4 is 5.32 Å². The molecule has 22 heavy (non-hydrogen) atoms. The highest BCUT2D eigenvalue weighted by atomic mass is 19.4. The molecule has 0 aliphatic carbocycles. The highest BCUT2D eigenvalue weighted by Gasteiger charge is 2.30. The van der Waals surface area contributed by atoms with Crippen molar-refractivity contribution in [2.75, 3.05) is 26.2 Å². The monoisotopic (exact) mass is 314 g/mol. The van der Waals surface area contributed by atoms with Crippen LogP contribution in [0, 0.1) is 0 Å². The number of nitrogens with one attached hydrogen (secondary N) is 1. The van der Waals surface area contributed by atoms with E-state index in [0.717, 1.165) is 31.8 Å². The van der Waals surface area contributed by atoms with Crippen molar-refractivity contribution in [2.24, 2.45) is 0 Å². The highest BCUT2D eigenvalue weighted by Crippen LogP contribution is 2.29. The largest absolute Gasteiger partial charge is 0.416 e. The van der Waals surface area contributed by atoms with Crippen LogP contribution in [0.25, 0.3) is 0 Å². The predicted octanol–water partition coefficient (Wildman–Crippen LogP) is 3.31. The maximum atomic E-state index is 12.5. The Bertz CT molecular complexity index is 477. The molecular weight excluding hydrogens is 293 g/mol. The zero-order valence-corrected chi connectivity index (χ0v) is 12.5. The van der Waals surface area contributed by atoms with Crippen molar-refractivity contribution in [3.8, 4) is 0 Å². The summed E-state index contributed by atoms with van der Waals surface area (Å²) in [6.07, 6.45) is 0.518. The molecule has 0 spiro atoms. The fourth-order valence-corrected chi connectivity index (χ4v) is 2.60. The predicted molar refractivity (Wildman–Crippen MR) is 78.7 cm³/mol. The Kier molecular flexibility index (Phi) is 5.83. The Morgan fingerprint density at radius 2 is 1.64 bits per heavy atom. The van der Waals surface area contributed by atoms with Gasteiger partial charge in [-0.3, -0.25) is 4.79 Å². The van der Waals surface area contributed by atoms with Crippen molar-refractivity contribution in [3.63, 3.8) is 0 Å². The van der Waals surface area contributed by atoms with E-state index >= 15 is 0 Å². The van der Waals surface area contributed by atoms with Crippen LogP contribution >= 0.6 is 0 Å². The number of amides is 1. The number of rotatable bonds is 4. The van der Waals surface area contributed by atoms with Crippen molar-refractivity contribution in [3.05, 3.63) is 35.4 Å². The van der Waals surface area contributed by atoms with E-state index in [-0.39, 0.29) is 11.5 Å². The highest BCUT2D eigenvalue weighted by molar-refractivity contribution is 5.94.